The van der Waals surface area contributed by atoms with Gasteiger partial charge in [-0.25, -0.2) is 4.79 Å². The Hall–Kier alpha value is -2.33. The number of halogens is 2. The zero-order valence-corrected chi connectivity index (χ0v) is 17.4. The number of carboxylic acid groups (broad SMARTS) is 2. The van der Waals surface area contributed by atoms with Crippen molar-refractivity contribution in [2.45, 2.75) is 12.5 Å². The molecule has 1 aliphatic rings. The van der Waals surface area contributed by atoms with E-state index in [-0.39, 0.29) is 9.23 Å². The molecule has 0 bridgehead atoms. The number of aliphatic carboxylic acids is 2. The number of amides is 1. The summed E-state index contributed by atoms with van der Waals surface area (Å²) < 4.78 is 5.66. The van der Waals surface area contributed by atoms with E-state index < -0.39 is 30.3 Å². The monoisotopic (exact) mass is 471 g/mol. The summed E-state index contributed by atoms with van der Waals surface area (Å²) in [5.74, 6) is -2.75. The highest BCUT2D eigenvalue weighted by molar-refractivity contribution is 8.26. The number of hydrogen-bond acceptors (Lipinski definition) is 6. The van der Waals surface area contributed by atoms with Gasteiger partial charge in [0.1, 0.15) is 21.9 Å². The van der Waals surface area contributed by atoms with E-state index in [1.165, 1.54) is 6.08 Å². The minimum atomic E-state index is -1.59. The van der Waals surface area contributed by atoms with Crippen LogP contribution in [0.15, 0.2) is 39.7 Å². The number of hydrogen-bond donors (Lipinski definition) is 2. The van der Waals surface area contributed by atoms with Crippen LogP contribution in [-0.2, 0) is 14.4 Å². The summed E-state index contributed by atoms with van der Waals surface area (Å²) in [6.07, 6.45) is 0.640. The minimum Gasteiger partial charge on any atom is -0.481 e. The van der Waals surface area contributed by atoms with Gasteiger partial charge in [0, 0.05) is 16.7 Å². The third-order valence-corrected chi connectivity index (χ3v) is 5.76. The number of thioether (sulfide) groups is 1. The Bertz CT molecular complexity index is 1060. The molecule has 1 atom stereocenters. The van der Waals surface area contributed by atoms with Crippen LogP contribution in [0.2, 0.25) is 10.0 Å². The number of rotatable bonds is 6. The van der Waals surface area contributed by atoms with Crippen LogP contribution in [0.4, 0.5) is 0 Å². The molecule has 2 aromatic rings. The molecule has 1 fully saturated rings. The highest BCUT2D eigenvalue weighted by atomic mass is 35.5. The van der Waals surface area contributed by atoms with Crippen molar-refractivity contribution in [1.82, 2.24) is 4.90 Å². The summed E-state index contributed by atoms with van der Waals surface area (Å²) in [6, 6.07) is 6.59. The van der Waals surface area contributed by atoms with E-state index in [2.05, 4.69) is 0 Å². The molecular formula is C18H11Cl2NO6S2. The van der Waals surface area contributed by atoms with Crippen molar-refractivity contribution in [1.29, 1.82) is 0 Å². The quantitative estimate of drug-likeness (QED) is 0.471. The molecular weight excluding hydrogens is 461 g/mol. The van der Waals surface area contributed by atoms with E-state index in [9.17, 15) is 19.5 Å². The highest BCUT2D eigenvalue weighted by Gasteiger charge is 2.41. The Morgan fingerprint density at radius 1 is 1.24 bits per heavy atom. The van der Waals surface area contributed by atoms with Crippen molar-refractivity contribution in [2.75, 3.05) is 0 Å². The molecule has 0 radical (unpaired) electrons. The molecule has 0 saturated carbocycles. The normalized spacial score (nSPS) is 16.5. The fourth-order valence-electron chi connectivity index (χ4n) is 2.60. The predicted molar refractivity (Wildman–Crippen MR) is 113 cm³/mol. The Kier molecular flexibility index (Phi) is 6.33. The van der Waals surface area contributed by atoms with Gasteiger partial charge in [-0.1, -0.05) is 47.2 Å². The summed E-state index contributed by atoms with van der Waals surface area (Å²) in [6.45, 7) is 0. The molecule has 2 N–H and O–H groups in total. The second-order valence-electron chi connectivity index (χ2n) is 5.83. The Morgan fingerprint density at radius 3 is 2.59 bits per heavy atom. The van der Waals surface area contributed by atoms with Gasteiger partial charge >= 0.3 is 11.9 Å². The lowest BCUT2D eigenvalue weighted by Crippen LogP contribution is -2.45. The lowest BCUT2D eigenvalue weighted by atomic mass is 10.2. The topological polar surface area (TPSA) is 108 Å². The summed E-state index contributed by atoms with van der Waals surface area (Å²) in [5.41, 5.74) is 0.607. The van der Waals surface area contributed by atoms with Crippen molar-refractivity contribution in [2.24, 2.45) is 0 Å². The van der Waals surface area contributed by atoms with Gasteiger partial charge in [0.2, 0.25) is 0 Å². The van der Waals surface area contributed by atoms with Gasteiger partial charge in [-0.05, 0) is 30.3 Å². The first-order valence-corrected chi connectivity index (χ1v) is 9.92. The minimum absolute atomic E-state index is 0.0394. The fourth-order valence-corrected chi connectivity index (χ4v) is 4.44. The SMILES string of the molecule is O=C(O)CC(C(=O)O)N1C(=O)/C(=C\c2ccc(-c3ccc(Cl)cc3Cl)o2)SC1=S. The molecule has 1 amide bonds. The van der Waals surface area contributed by atoms with Crippen molar-refractivity contribution in [3.63, 3.8) is 0 Å². The maximum atomic E-state index is 12.6. The number of benzene rings is 1. The second-order valence-corrected chi connectivity index (χ2v) is 8.35. The molecule has 0 spiro atoms. The number of furan rings is 1. The molecule has 0 aliphatic carbocycles. The number of nitrogens with zero attached hydrogens (tertiary/aromatic N) is 1. The maximum Gasteiger partial charge on any atom is 0.327 e. The zero-order chi connectivity index (χ0) is 21.3. The van der Waals surface area contributed by atoms with Gasteiger partial charge < -0.3 is 14.6 Å². The van der Waals surface area contributed by atoms with Crippen LogP contribution in [0, 0.1) is 0 Å². The molecule has 29 heavy (non-hydrogen) atoms. The highest BCUT2D eigenvalue weighted by Crippen LogP contribution is 2.36. The first-order valence-electron chi connectivity index (χ1n) is 7.94. The molecule has 1 saturated heterocycles. The standard InChI is InChI=1S/C18H11Cl2NO6S2/c19-8-1-3-10(11(20)5-8)13-4-2-9(27-13)6-14-16(24)21(18(28)29-14)12(17(25)26)7-15(22)23/h1-6,12H,7H2,(H,22,23)(H,25,26)/b14-6+. The summed E-state index contributed by atoms with van der Waals surface area (Å²) in [4.78, 5) is 35.9. The lowest BCUT2D eigenvalue weighted by Gasteiger charge is -2.21. The van der Waals surface area contributed by atoms with Crippen LogP contribution in [0.5, 0.6) is 0 Å². The molecule has 2 heterocycles. The molecule has 1 aromatic carbocycles. The van der Waals surface area contributed by atoms with Crippen molar-refractivity contribution in [3.8, 4) is 11.3 Å². The van der Waals surface area contributed by atoms with Gasteiger partial charge in [0.25, 0.3) is 5.91 Å². The van der Waals surface area contributed by atoms with Gasteiger partial charge in [0.05, 0.1) is 16.3 Å². The van der Waals surface area contributed by atoms with E-state index in [1.54, 1.807) is 30.3 Å². The molecule has 1 aromatic heterocycles. The third-order valence-electron chi connectivity index (χ3n) is 3.88. The van der Waals surface area contributed by atoms with Crippen LogP contribution >= 0.6 is 47.2 Å². The second kappa shape index (κ2) is 8.58. The van der Waals surface area contributed by atoms with Crippen molar-refractivity contribution < 1.29 is 29.0 Å². The predicted octanol–water partition coefficient (Wildman–Crippen LogP) is 4.38. The first-order chi connectivity index (χ1) is 13.7. The fraction of sp³-hybridized carbons (Fsp3) is 0.111. The van der Waals surface area contributed by atoms with Gasteiger partial charge in [0.15, 0.2) is 0 Å². The van der Waals surface area contributed by atoms with Crippen molar-refractivity contribution >= 4 is 75.4 Å². The van der Waals surface area contributed by atoms with Crippen molar-refractivity contribution in [3.05, 3.63) is 51.0 Å². The zero-order valence-electron chi connectivity index (χ0n) is 14.3. The summed E-state index contributed by atoms with van der Waals surface area (Å²) >= 11 is 18.0. The molecule has 150 valence electrons. The average molecular weight is 472 g/mol. The molecule has 1 aliphatic heterocycles. The molecule has 11 heteroatoms. The van der Waals surface area contributed by atoms with Crippen LogP contribution < -0.4 is 0 Å². The number of carboxylic acids is 2. The lowest BCUT2D eigenvalue weighted by molar-refractivity contribution is -0.150. The smallest absolute Gasteiger partial charge is 0.327 e. The molecule has 7 nitrogen and oxygen atoms in total. The number of thiocarbonyl (C=S) groups is 1. The van der Waals surface area contributed by atoms with Crippen LogP contribution in [-0.4, -0.2) is 43.3 Å². The van der Waals surface area contributed by atoms with Gasteiger partial charge in [-0.2, -0.15) is 0 Å². The van der Waals surface area contributed by atoms with Gasteiger partial charge in [-0.3, -0.25) is 14.5 Å². The molecule has 3 rings (SSSR count). The third kappa shape index (κ3) is 4.64. The van der Waals surface area contributed by atoms with E-state index in [0.717, 1.165) is 16.7 Å². The van der Waals surface area contributed by atoms with E-state index >= 15 is 0 Å². The van der Waals surface area contributed by atoms with E-state index in [0.29, 0.717) is 27.1 Å². The summed E-state index contributed by atoms with van der Waals surface area (Å²) in [7, 11) is 0. The Morgan fingerprint density at radius 2 is 1.97 bits per heavy atom. The molecule has 1 unspecified atom stereocenters. The largest absolute Gasteiger partial charge is 0.481 e. The van der Waals surface area contributed by atoms with E-state index in [4.69, 9.17) is 44.9 Å². The Labute approximate surface area is 183 Å². The number of carbonyl (C=O) groups is 3. The number of carbonyl (C=O) groups excluding carboxylic acids is 1. The van der Waals surface area contributed by atoms with E-state index in [1.807, 2.05) is 0 Å². The average Bonchev–Trinajstić information content (AvgIpc) is 3.18. The first kappa shape index (κ1) is 21.4. The maximum absolute atomic E-state index is 12.6. The summed E-state index contributed by atoms with van der Waals surface area (Å²) in [5, 5.41) is 19.1. The van der Waals surface area contributed by atoms with Crippen LogP contribution in [0.1, 0.15) is 12.2 Å². The van der Waals surface area contributed by atoms with Crippen LogP contribution in [0.25, 0.3) is 17.4 Å². The van der Waals surface area contributed by atoms with Crippen LogP contribution in [0.3, 0.4) is 0 Å². The Balaban J connectivity index is 1.87. The van der Waals surface area contributed by atoms with Gasteiger partial charge in [-0.15, -0.1) is 0 Å².